The van der Waals surface area contributed by atoms with Crippen molar-refractivity contribution < 1.29 is 66.9 Å². The number of nitrogens with one attached hydrogen (secondary N) is 7. The van der Waals surface area contributed by atoms with Crippen LogP contribution in [-0.4, -0.2) is 178 Å². The number of halogens is 1. The molecule has 0 saturated carbocycles. The van der Waals surface area contributed by atoms with Crippen molar-refractivity contribution in [2.24, 2.45) is 5.92 Å². The number of methoxy groups -OCH3 is 1. The SMILES string of the molecule is COc1ccc(C[C@@H]2CC(=O)[C@H]([C@@H](C)O)NC(=O)[C@@H]3[C@@H]4CCN3C(=O)[C@H](Cc3c[nH]c5ccc(F)cc35)NC(=O)[C@H](Cc3cccc(c3)OC/C=C/CO4)NC(=O)[C@@H](C)NC(=O)[C@H](C)NC(=O)CCSCc3cccc(c3)CSCCNC(=O)[C@]3(C)CCCN3C2=O)cc1. The third-order valence-electron chi connectivity index (χ3n) is 17.6. The largest absolute Gasteiger partial charge is 0.497 e. The van der Waals surface area contributed by atoms with Crippen molar-refractivity contribution in [2.75, 3.05) is 51.5 Å². The predicted molar refractivity (Wildman–Crippen MR) is 355 cm³/mol. The van der Waals surface area contributed by atoms with Crippen molar-refractivity contribution >= 4 is 87.5 Å². The number of carbonyl (C=O) groups is 9. The van der Waals surface area contributed by atoms with Gasteiger partial charge in [-0.1, -0.05) is 54.6 Å². The van der Waals surface area contributed by atoms with Crippen molar-refractivity contribution in [3.8, 4) is 11.5 Å². The molecule has 502 valence electrons. The molecule has 22 nitrogen and oxygen atoms in total. The summed E-state index contributed by atoms with van der Waals surface area (Å²) in [5.74, 6) is -4.23. The van der Waals surface area contributed by atoms with Gasteiger partial charge in [0.15, 0.2) is 5.78 Å². The molecule has 0 radical (unpaired) electrons. The van der Waals surface area contributed by atoms with E-state index < -0.39 is 113 Å². The summed E-state index contributed by atoms with van der Waals surface area (Å²) in [5, 5.41) is 28.7. The Hall–Kier alpha value is -8.26. The summed E-state index contributed by atoms with van der Waals surface area (Å²) in [4.78, 5) is 137. The van der Waals surface area contributed by atoms with Gasteiger partial charge < -0.3 is 66.0 Å². The average Bonchev–Trinajstić information content (AvgIpc) is 1.61. The van der Waals surface area contributed by atoms with Crippen LogP contribution in [0.25, 0.3) is 10.9 Å². The number of fused-ring (bicyclic) bond motifs is 10. The number of amides is 8. The van der Waals surface area contributed by atoms with Crippen LogP contribution in [0.15, 0.2) is 109 Å². The molecule has 2 fully saturated rings. The van der Waals surface area contributed by atoms with Gasteiger partial charge in [0.25, 0.3) is 0 Å². The van der Waals surface area contributed by atoms with Gasteiger partial charge in [0, 0.05) is 91.3 Å². The molecule has 0 aliphatic carbocycles. The number of ether oxygens (including phenoxy) is 3. The second kappa shape index (κ2) is 32.7. The normalized spacial score (nSPS) is 26.6. The molecule has 0 spiro atoms. The van der Waals surface area contributed by atoms with Crippen molar-refractivity contribution in [2.45, 2.75) is 145 Å². The summed E-state index contributed by atoms with van der Waals surface area (Å²) < 4.78 is 32.8. The van der Waals surface area contributed by atoms with Gasteiger partial charge >= 0.3 is 0 Å². The number of aliphatic hydroxyl groups excluding tert-OH is 1. The Morgan fingerprint density at radius 2 is 1.46 bits per heavy atom. The number of thioether (sulfide) groups is 2. The van der Waals surface area contributed by atoms with E-state index in [4.69, 9.17) is 14.2 Å². The number of aliphatic hydroxyl groups is 1. The lowest BCUT2D eigenvalue weighted by Gasteiger charge is -2.36. The second-order valence-corrected chi connectivity index (χ2v) is 26.8. The van der Waals surface area contributed by atoms with Gasteiger partial charge in [0.1, 0.15) is 65.7 Å². The summed E-state index contributed by atoms with van der Waals surface area (Å²) in [7, 11) is 1.52. The number of aromatic nitrogens is 1. The molecule has 94 heavy (non-hydrogen) atoms. The third-order valence-corrected chi connectivity index (χ3v) is 19.6. The van der Waals surface area contributed by atoms with Crippen LogP contribution in [0.1, 0.15) is 87.6 Å². The summed E-state index contributed by atoms with van der Waals surface area (Å²) in [6, 6.07) is 17.6. The van der Waals surface area contributed by atoms with E-state index in [2.05, 4.69) is 43.0 Å². The van der Waals surface area contributed by atoms with Gasteiger partial charge in [-0.05, 0) is 130 Å². The van der Waals surface area contributed by atoms with E-state index in [0.29, 0.717) is 81.5 Å². The van der Waals surface area contributed by atoms with Crippen LogP contribution in [0.4, 0.5) is 4.39 Å². The Morgan fingerprint density at radius 1 is 0.745 bits per heavy atom. The van der Waals surface area contributed by atoms with Crippen molar-refractivity contribution in [1.29, 1.82) is 0 Å². The predicted octanol–water partition coefficient (Wildman–Crippen LogP) is 4.77. The number of carbonyl (C=O) groups excluding carboxylic acids is 9. The minimum absolute atomic E-state index is 0.0395. The summed E-state index contributed by atoms with van der Waals surface area (Å²) >= 11 is 3.19. The first-order valence-electron chi connectivity index (χ1n) is 31.9. The molecule has 1 aromatic heterocycles. The molecule has 9 rings (SSSR count). The van der Waals surface area contributed by atoms with Gasteiger partial charge in [-0.3, -0.25) is 43.2 Å². The monoisotopic (exact) mass is 1330 g/mol. The standard InChI is InChI=1S/C69H84FN9O13S2/c1-41-62(83)74-42(2)63(84)75-55-34-45-11-9-14-52(33-45)91-27-6-7-28-92-58-21-26-78(67(88)56(76-64(55)85)35-49-38-72-54-20-17-50(70)37-53(49)54)61(58)65(86)77-60(43(3)80)57(81)36-48(32-44-15-18-51(90-5)19-16-44)66(87)79-25-10-23-69(79,4)68(89)71-24-30-94-40-47-13-8-12-46(31-47)39-93-29-22-59(82)73-41/h6-9,11-20,31,33,37-38,41-43,48,55-56,58,60-61,72,80H,10,21-30,32,34-36,39-40H2,1-5H3,(H,71,89)(H,73,82)(H,74,83)(H,75,84)(H,76,85)(H,77,86)/b7-6+/t41-,42+,43+,48+,55-,56-,58-,60-,61-,69-/m0/s1. The zero-order valence-electron chi connectivity index (χ0n) is 53.5. The summed E-state index contributed by atoms with van der Waals surface area (Å²) in [5.41, 5.74) is 3.00. The molecule has 8 N–H and O–H groups in total. The van der Waals surface area contributed by atoms with E-state index in [0.717, 1.165) is 11.1 Å². The highest BCUT2D eigenvalue weighted by atomic mass is 32.2. The average molecular weight is 1330 g/mol. The van der Waals surface area contributed by atoms with Gasteiger partial charge in [0.05, 0.1) is 25.9 Å². The highest BCUT2D eigenvalue weighted by molar-refractivity contribution is 7.98. The Kier molecular flexibility index (Phi) is 24.4. The summed E-state index contributed by atoms with van der Waals surface area (Å²) in [6.45, 7) is 6.41. The maximum absolute atomic E-state index is 15.7. The fourth-order valence-corrected chi connectivity index (χ4v) is 14.1. The molecule has 4 aliphatic heterocycles. The number of nitrogens with zero attached hydrogens (tertiary/aromatic N) is 2. The van der Waals surface area contributed by atoms with Crippen LogP contribution in [0, 0.1) is 11.7 Å². The quantitative estimate of drug-likeness (QED) is 0.106. The number of rotatable bonds is 6. The molecule has 8 amide bonds. The fraction of sp³-hybridized carbons (Fsp3) is 0.464. The van der Waals surface area contributed by atoms with E-state index in [1.54, 1.807) is 97.3 Å². The number of benzene rings is 4. The van der Waals surface area contributed by atoms with E-state index in [-0.39, 0.29) is 70.2 Å². The fourth-order valence-electron chi connectivity index (χ4n) is 12.4. The lowest BCUT2D eigenvalue weighted by Crippen LogP contribution is -2.61. The first-order chi connectivity index (χ1) is 45.2. The lowest BCUT2D eigenvalue weighted by atomic mass is 9.88. The van der Waals surface area contributed by atoms with Gasteiger partial charge in [-0.15, -0.1) is 0 Å². The van der Waals surface area contributed by atoms with Crippen LogP contribution in [-0.2, 0) is 78.7 Å². The molecular weight excluding hydrogens is 1250 g/mol. The highest BCUT2D eigenvalue weighted by Crippen LogP contribution is 2.34. The van der Waals surface area contributed by atoms with Crippen molar-refractivity contribution in [1.82, 2.24) is 46.7 Å². The molecular formula is C69H84FN9O13S2. The van der Waals surface area contributed by atoms with E-state index in [9.17, 15) is 24.3 Å². The maximum atomic E-state index is 15.7. The topological polar surface area (TPSA) is 296 Å². The van der Waals surface area contributed by atoms with E-state index >= 15 is 28.4 Å². The second-order valence-electron chi connectivity index (χ2n) is 24.6. The maximum Gasteiger partial charge on any atom is 0.246 e. The number of hydrogen-bond acceptors (Lipinski definition) is 15. The highest BCUT2D eigenvalue weighted by Gasteiger charge is 2.49. The number of Topliss-reactive ketones (excluding diaryl/α,β-unsaturated/α-hetero) is 1. The molecule has 0 unspecified atom stereocenters. The van der Waals surface area contributed by atoms with Crippen LogP contribution < -0.4 is 41.4 Å². The Morgan fingerprint density at radius 3 is 2.21 bits per heavy atom. The van der Waals surface area contributed by atoms with Crippen LogP contribution in [0.5, 0.6) is 11.5 Å². The zero-order valence-corrected chi connectivity index (χ0v) is 55.2. The van der Waals surface area contributed by atoms with Crippen molar-refractivity contribution in [3.63, 3.8) is 0 Å². The Labute approximate surface area is 554 Å². The van der Waals surface area contributed by atoms with Gasteiger partial charge in [0.2, 0.25) is 47.3 Å². The van der Waals surface area contributed by atoms with Gasteiger partial charge in [-0.25, -0.2) is 4.39 Å². The number of aromatic amines is 1. The molecule has 8 bridgehead atoms. The minimum Gasteiger partial charge on any atom is -0.497 e. The number of hydrogen-bond donors (Lipinski definition) is 8. The zero-order chi connectivity index (χ0) is 67.1. The van der Waals surface area contributed by atoms with Crippen LogP contribution in [0.3, 0.4) is 0 Å². The van der Waals surface area contributed by atoms with E-state index in [1.165, 1.54) is 55.9 Å². The molecule has 25 heteroatoms. The number of ketones is 1. The number of H-pyrrole nitrogens is 1. The van der Waals surface area contributed by atoms with Crippen molar-refractivity contribution in [3.05, 3.63) is 143 Å². The van der Waals surface area contributed by atoms with Crippen LogP contribution in [0.2, 0.25) is 0 Å². The molecule has 5 heterocycles. The Bertz CT molecular complexity index is 3590. The molecule has 2 saturated heterocycles. The summed E-state index contributed by atoms with van der Waals surface area (Å²) in [6.07, 6.45) is 2.59. The molecule has 4 aliphatic rings. The minimum atomic E-state index is -1.64. The lowest BCUT2D eigenvalue weighted by molar-refractivity contribution is -0.148. The molecule has 5 aromatic rings. The smallest absolute Gasteiger partial charge is 0.246 e. The van der Waals surface area contributed by atoms with Gasteiger partial charge in [-0.2, -0.15) is 23.5 Å². The first-order valence-corrected chi connectivity index (χ1v) is 34.2. The van der Waals surface area contributed by atoms with E-state index in [1.807, 2.05) is 18.2 Å². The Balaban J connectivity index is 1.06. The molecule has 10 atom stereocenters. The first kappa shape index (κ1) is 70.1. The van der Waals surface area contributed by atoms with Crippen LogP contribution >= 0.6 is 23.5 Å². The molecule has 4 aromatic carbocycles. The third kappa shape index (κ3) is 18.1.